The number of nitrogens with zero attached hydrogens (tertiary/aromatic N) is 2. The molecule has 2 rings (SSSR count). The number of rotatable bonds is 8. The third-order valence-electron chi connectivity index (χ3n) is 3.73. The molecule has 0 saturated heterocycles. The van der Waals surface area contributed by atoms with Crippen LogP contribution in [0.5, 0.6) is 0 Å². The van der Waals surface area contributed by atoms with Crippen molar-refractivity contribution in [1.82, 2.24) is 20.4 Å². The van der Waals surface area contributed by atoms with Gasteiger partial charge in [-0.15, -0.1) is 12.4 Å². The van der Waals surface area contributed by atoms with Crippen LogP contribution in [0.1, 0.15) is 24.2 Å². The zero-order chi connectivity index (χ0) is 17.5. The van der Waals surface area contributed by atoms with E-state index in [1.165, 1.54) is 12.1 Å². The number of ether oxygens (including phenoxy) is 1. The Morgan fingerprint density at radius 2 is 2.04 bits per heavy atom. The number of nitrogens with one attached hydrogen (secondary N) is 2. The molecule has 0 aliphatic heterocycles. The Balaban J connectivity index is 0.00000312. The van der Waals surface area contributed by atoms with E-state index in [2.05, 4.69) is 15.7 Å². The first-order valence-electron chi connectivity index (χ1n) is 7.82. The van der Waals surface area contributed by atoms with Gasteiger partial charge in [-0.25, -0.2) is 9.07 Å². The number of methoxy groups -OCH3 is 1. The maximum Gasteiger partial charge on any atom is 0.234 e. The first-order chi connectivity index (χ1) is 11.5. The molecule has 1 heterocycles. The summed E-state index contributed by atoms with van der Waals surface area (Å²) in [4.78, 5) is 11.9. The molecule has 138 valence electrons. The molecule has 0 fully saturated rings. The smallest absolute Gasteiger partial charge is 0.234 e. The molecule has 0 saturated carbocycles. The van der Waals surface area contributed by atoms with E-state index in [4.69, 9.17) is 4.74 Å². The van der Waals surface area contributed by atoms with Crippen molar-refractivity contribution >= 4 is 18.3 Å². The third kappa shape index (κ3) is 5.81. The first-order valence-corrected chi connectivity index (χ1v) is 7.82. The maximum atomic E-state index is 13.0. The molecule has 0 bridgehead atoms. The summed E-state index contributed by atoms with van der Waals surface area (Å²) in [5, 5.41) is 10.3. The average molecular weight is 371 g/mol. The molecule has 1 atom stereocenters. The fourth-order valence-corrected chi connectivity index (χ4v) is 2.44. The van der Waals surface area contributed by atoms with Crippen LogP contribution >= 0.6 is 12.4 Å². The first kappa shape index (κ1) is 21.1. The van der Waals surface area contributed by atoms with E-state index in [0.717, 1.165) is 16.9 Å². The standard InChI is InChI=1S/C17H23FN4O2.ClH/c1-12(21-17(23)11-19-8-9-24-3)16-10-20-22(13(16)2)15-6-4-14(18)5-7-15;/h4-7,10,12,19H,8-9,11H2,1-3H3,(H,21,23);1H. The molecule has 6 nitrogen and oxygen atoms in total. The molecule has 1 aromatic heterocycles. The zero-order valence-electron chi connectivity index (χ0n) is 14.6. The summed E-state index contributed by atoms with van der Waals surface area (Å²) in [6.07, 6.45) is 1.72. The minimum Gasteiger partial charge on any atom is -0.383 e. The van der Waals surface area contributed by atoms with E-state index in [9.17, 15) is 9.18 Å². The van der Waals surface area contributed by atoms with Crippen molar-refractivity contribution in [1.29, 1.82) is 0 Å². The van der Waals surface area contributed by atoms with Crippen LogP contribution in [0.4, 0.5) is 4.39 Å². The van der Waals surface area contributed by atoms with E-state index in [1.54, 1.807) is 30.1 Å². The average Bonchev–Trinajstić information content (AvgIpc) is 2.94. The minimum atomic E-state index is -0.287. The van der Waals surface area contributed by atoms with Crippen molar-refractivity contribution in [3.8, 4) is 5.69 Å². The zero-order valence-corrected chi connectivity index (χ0v) is 15.4. The Kier molecular flexibility index (Phi) is 8.54. The van der Waals surface area contributed by atoms with Crippen LogP contribution in [-0.2, 0) is 9.53 Å². The number of carbonyl (C=O) groups is 1. The van der Waals surface area contributed by atoms with Crippen molar-refractivity contribution in [3.05, 3.63) is 47.5 Å². The third-order valence-corrected chi connectivity index (χ3v) is 3.73. The minimum absolute atomic E-state index is 0. The Hall–Kier alpha value is -1.96. The molecule has 1 amide bonds. The van der Waals surface area contributed by atoms with Gasteiger partial charge in [0.2, 0.25) is 5.91 Å². The Morgan fingerprint density at radius 3 is 2.68 bits per heavy atom. The number of aromatic nitrogens is 2. The largest absolute Gasteiger partial charge is 0.383 e. The van der Waals surface area contributed by atoms with Crippen molar-refractivity contribution in [2.75, 3.05) is 26.8 Å². The molecule has 2 N–H and O–H groups in total. The van der Waals surface area contributed by atoms with E-state index in [0.29, 0.717) is 13.2 Å². The molecule has 0 radical (unpaired) electrons. The summed E-state index contributed by atoms with van der Waals surface area (Å²) in [5.41, 5.74) is 2.60. The number of benzene rings is 1. The highest BCUT2D eigenvalue weighted by Crippen LogP contribution is 2.20. The number of carbonyl (C=O) groups excluding carboxylic acids is 1. The summed E-state index contributed by atoms with van der Waals surface area (Å²) < 4.78 is 19.7. The predicted octanol–water partition coefficient (Wildman–Crippen LogP) is 2.15. The lowest BCUT2D eigenvalue weighted by Crippen LogP contribution is -2.36. The van der Waals surface area contributed by atoms with Gasteiger partial charge in [0.25, 0.3) is 0 Å². The lowest BCUT2D eigenvalue weighted by atomic mass is 10.1. The summed E-state index contributed by atoms with van der Waals surface area (Å²) in [6, 6.07) is 5.96. The molecular formula is C17H24ClFN4O2. The van der Waals surface area contributed by atoms with Gasteiger partial charge in [0, 0.05) is 24.9 Å². The van der Waals surface area contributed by atoms with Gasteiger partial charge in [0.05, 0.1) is 31.1 Å². The Bertz CT molecular complexity index is 676. The van der Waals surface area contributed by atoms with Gasteiger partial charge >= 0.3 is 0 Å². The van der Waals surface area contributed by atoms with E-state index < -0.39 is 0 Å². The van der Waals surface area contributed by atoms with Gasteiger partial charge in [0.1, 0.15) is 5.82 Å². The van der Waals surface area contributed by atoms with Gasteiger partial charge < -0.3 is 15.4 Å². The Labute approximate surface area is 153 Å². The van der Waals surface area contributed by atoms with E-state index in [1.807, 2.05) is 13.8 Å². The van der Waals surface area contributed by atoms with Gasteiger partial charge in [-0.1, -0.05) is 0 Å². The Morgan fingerprint density at radius 1 is 1.36 bits per heavy atom. The maximum absolute atomic E-state index is 13.0. The van der Waals surface area contributed by atoms with Crippen molar-refractivity contribution in [2.24, 2.45) is 0 Å². The van der Waals surface area contributed by atoms with E-state index >= 15 is 0 Å². The highest BCUT2D eigenvalue weighted by Gasteiger charge is 2.16. The fraction of sp³-hybridized carbons (Fsp3) is 0.412. The summed E-state index contributed by atoms with van der Waals surface area (Å²) in [5.74, 6) is -0.377. The van der Waals surface area contributed by atoms with Crippen LogP contribution in [0.3, 0.4) is 0 Å². The van der Waals surface area contributed by atoms with Crippen molar-refractivity contribution in [2.45, 2.75) is 19.9 Å². The molecule has 2 aromatic rings. The number of amides is 1. The van der Waals surface area contributed by atoms with Crippen molar-refractivity contribution in [3.63, 3.8) is 0 Å². The lowest BCUT2D eigenvalue weighted by molar-refractivity contribution is -0.120. The number of hydrogen-bond acceptors (Lipinski definition) is 4. The summed E-state index contributed by atoms with van der Waals surface area (Å²) in [6.45, 7) is 5.25. The highest BCUT2D eigenvalue weighted by atomic mass is 35.5. The van der Waals surface area contributed by atoms with Crippen molar-refractivity contribution < 1.29 is 13.9 Å². The van der Waals surface area contributed by atoms with Crippen LogP contribution in [0.25, 0.3) is 5.69 Å². The molecule has 25 heavy (non-hydrogen) atoms. The van der Waals surface area contributed by atoms with Crippen LogP contribution in [0.15, 0.2) is 30.5 Å². The molecule has 0 spiro atoms. The van der Waals surface area contributed by atoms with Gasteiger partial charge in [-0.3, -0.25) is 4.79 Å². The summed E-state index contributed by atoms with van der Waals surface area (Å²) in [7, 11) is 1.62. The topological polar surface area (TPSA) is 68.2 Å². The van der Waals surface area contributed by atoms with Crippen LogP contribution in [0, 0.1) is 12.7 Å². The van der Waals surface area contributed by atoms with Gasteiger partial charge in [-0.2, -0.15) is 5.10 Å². The van der Waals surface area contributed by atoms with Gasteiger partial charge in [-0.05, 0) is 38.1 Å². The molecular weight excluding hydrogens is 347 g/mol. The van der Waals surface area contributed by atoms with Gasteiger partial charge in [0.15, 0.2) is 0 Å². The molecule has 1 unspecified atom stereocenters. The van der Waals surface area contributed by atoms with E-state index in [-0.39, 0.29) is 36.7 Å². The highest BCUT2D eigenvalue weighted by molar-refractivity contribution is 5.85. The molecule has 8 heteroatoms. The lowest BCUT2D eigenvalue weighted by Gasteiger charge is -2.14. The van der Waals surface area contributed by atoms with Crippen LogP contribution in [-0.4, -0.2) is 42.5 Å². The predicted molar refractivity (Wildman–Crippen MR) is 96.8 cm³/mol. The molecule has 0 aliphatic carbocycles. The van der Waals surface area contributed by atoms with Crippen LogP contribution < -0.4 is 10.6 Å². The quantitative estimate of drug-likeness (QED) is 0.699. The normalized spacial score (nSPS) is 11.7. The molecule has 0 aliphatic rings. The fourth-order valence-electron chi connectivity index (χ4n) is 2.44. The van der Waals surface area contributed by atoms with Crippen LogP contribution in [0.2, 0.25) is 0 Å². The number of halogens is 2. The second kappa shape index (κ2) is 10.1. The second-order valence-corrected chi connectivity index (χ2v) is 5.53. The molecule has 1 aromatic carbocycles. The number of hydrogen-bond donors (Lipinski definition) is 2. The summed E-state index contributed by atoms with van der Waals surface area (Å²) >= 11 is 0. The SMILES string of the molecule is COCCNCC(=O)NC(C)c1cnn(-c2ccc(F)cc2)c1C.Cl. The second-order valence-electron chi connectivity index (χ2n) is 5.53. The monoisotopic (exact) mass is 370 g/mol.